The van der Waals surface area contributed by atoms with Gasteiger partial charge in [-0.15, -0.1) is 0 Å². The molecule has 1 saturated carbocycles. The number of ether oxygens (including phenoxy) is 2. The van der Waals surface area contributed by atoms with Crippen molar-refractivity contribution in [3.63, 3.8) is 0 Å². The number of aliphatic hydroxyl groups is 1. The summed E-state index contributed by atoms with van der Waals surface area (Å²) in [6.45, 7) is 6.58. The van der Waals surface area contributed by atoms with Gasteiger partial charge in [-0.05, 0) is 57.7 Å². The number of benzene rings is 1. The molecule has 1 aromatic rings. The van der Waals surface area contributed by atoms with Gasteiger partial charge in [0, 0.05) is 6.42 Å². The molecule has 4 N–H and O–H groups in total. The van der Waals surface area contributed by atoms with Crippen molar-refractivity contribution in [2.45, 2.75) is 102 Å². The molecule has 1 aliphatic carbocycles. The van der Waals surface area contributed by atoms with E-state index >= 15 is 0 Å². The molecule has 4 unspecified atom stereocenters. The van der Waals surface area contributed by atoms with Gasteiger partial charge in [0.1, 0.15) is 23.4 Å². The molecule has 1 aliphatic heterocycles. The van der Waals surface area contributed by atoms with Crippen LogP contribution < -0.4 is 20.7 Å². The molecule has 4 atom stereocenters. The quantitative estimate of drug-likeness (QED) is 0.261. The van der Waals surface area contributed by atoms with Crippen molar-refractivity contribution >= 4 is 23.5 Å². The fourth-order valence-electron chi connectivity index (χ4n) is 4.96. The number of nitrogens with one attached hydrogen (secondary N) is 3. The predicted octanol–water partition coefficient (Wildman–Crippen LogP) is 1.81. The molecule has 0 radical (unpaired) electrons. The molecule has 2 aliphatic rings. The topological polar surface area (TPSA) is 146 Å². The summed E-state index contributed by atoms with van der Waals surface area (Å²) in [7, 11) is 1.56. The van der Waals surface area contributed by atoms with Gasteiger partial charge in [-0.2, -0.15) is 0 Å². The van der Waals surface area contributed by atoms with Crippen LogP contribution in [0.1, 0.15) is 71.8 Å². The Morgan fingerprint density at radius 1 is 1.05 bits per heavy atom. The van der Waals surface area contributed by atoms with Gasteiger partial charge in [-0.25, -0.2) is 0 Å². The SMILES string of the molecule is COc1ccc(CC(NC(=O)C(C)NC(=O)CC(C)(C)O)C(=O)NC(CC2CCCC2)C(=O)C2(C)CO2)cc1. The van der Waals surface area contributed by atoms with Crippen molar-refractivity contribution < 1.29 is 33.8 Å². The Morgan fingerprint density at radius 3 is 2.18 bits per heavy atom. The van der Waals surface area contributed by atoms with Gasteiger partial charge in [-0.3, -0.25) is 19.2 Å². The van der Waals surface area contributed by atoms with E-state index in [1.165, 1.54) is 20.8 Å². The largest absolute Gasteiger partial charge is 0.497 e. The Morgan fingerprint density at radius 2 is 1.64 bits per heavy atom. The third-order valence-corrected chi connectivity index (χ3v) is 7.37. The second kappa shape index (κ2) is 12.9. The molecule has 1 heterocycles. The van der Waals surface area contributed by atoms with Crippen LogP contribution in [-0.4, -0.2) is 71.7 Å². The van der Waals surface area contributed by atoms with E-state index in [1.54, 1.807) is 38.3 Å². The van der Waals surface area contributed by atoms with E-state index in [9.17, 15) is 24.3 Å². The first-order chi connectivity index (χ1) is 18.3. The molecule has 1 saturated heterocycles. The Kier molecular flexibility index (Phi) is 10.1. The lowest BCUT2D eigenvalue weighted by molar-refractivity contribution is -0.134. The Hall–Kier alpha value is -2.98. The number of hydrogen-bond acceptors (Lipinski definition) is 7. The lowest BCUT2D eigenvalue weighted by Gasteiger charge is -2.27. The zero-order chi connectivity index (χ0) is 28.8. The highest BCUT2D eigenvalue weighted by Gasteiger charge is 2.50. The molecule has 1 aromatic carbocycles. The number of amides is 3. The molecule has 2 fully saturated rings. The van der Waals surface area contributed by atoms with Crippen molar-refractivity contribution in [2.24, 2.45) is 5.92 Å². The number of rotatable bonds is 14. The summed E-state index contributed by atoms with van der Waals surface area (Å²) in [5, 5.41) is 18.1. The smallest absolute Gasteiger partial charge is 0.243 e. The fourth-order valence-corrected chi connectivity index (χ4v) is 4.96. The second-order valence-electron chi connectivity index (χ2n) is 11.7. The van der Waals surface area contributed by atoms with Crippen molar-refractivity contribution in [3.05, 3.63) is 29.8 Å². The molecular weight excluding hydrogens is 502 g/mol. The van der Waals surface area contributed by atoms with Crippen LogP contribution in [0.5, 0.6) is 5.75 Å². The summed E-state index contributed by atoms with van der Waals surface area (Å²) in [6, 6.07) is 4.49. The first kappa shape index (κ1) is 30.6. The van der Waals surface area contributed by atoms with Crippen LogP contribution in [0.3, 0.4) is 0 Å². The standard InChI is InChI=1S/C29H43N3O7/c1-18(30-24(33)16-28(2,3)37)26(35)32-23(15-20-10-12-21(38-5)13-11-20)27(36)31-22(14-19-8-6-7-9-19)25(34)29(4)17-39-29/h10-13,18-19,22-23,37H,6-9,14-17H2,1-5H3,(H,30,33)(H,31,36)(H,32,35). The molecule has 3 rings (SSSR count). The minimum Gasteiger partial charge on any atom is -0.497 e. The van der Waals surface area contributed by atoms with Crippen molar-refractivity contribution in [3.8, 4) is 5.75 Å². The minimum atomic E-state index is -1.22. The lowest BCUT2D eigenvalue weighted by Crippen LogP contribution is -2.57. The summed E-state index contributed by atoms with van der Waals surface area (Å²) in [5.74, 6) is -0.654. The average molecular weight is 546 g/mol. The molecule has 3 amide bonds. The van der Waals surface area contributed by atoms with Crippen molar-refractivity contribution in [1.82, 2.24) is 16.0 Å². The molecule has 10 heteroatoms. The maximum absolute atomic E-state index is 13.6. The number of carbonyl (C=O) groups excluding carboxylic acids is 4. The summed E-state index contributed by atoms with van der Waals surface area (Å²) in [4.78, 5) is 52.1. The molecular formula is C29H43N3O7. The Labute approximate surface area is 230 Å². The molecule has 0 spiro atoms. The van der Waals surface area contributed by atoms with Crippen LogP contribution in [-0.2, 0) is 30.3 Å². The van der Waals surface area contributed by atoms with E-state index in [0.717, 1.165) is 31.2 Å². The zero-order valence-corrected chi connectivity index (χ0v) is 23.7. The summed E-state index contributed by atoms with van der Waals surface area (Å²) >= 11 is 0. The normalized spacial score (nSPS) is 21.4. The fraction of sp³-hybridized carbons (Fsp3) is 0.655. The van der Waals surface area contributed by atoms with Crippen molar-refractivity contribution in [1.29, 1.82) is 0 Å². The summed E-state index contributed by atoms with van der Waals surface area (Å²) in [6.07, 6.45) is 4.80. The first-order valence-electron chi connectivity index (χ1n) is 13.7. The van der Waals surface area contributed by atoms with Gasteiger partial charge >= 0.3 is 0 Å². The van der Waals surface area contributed by atoms with E-state index in [-0.39, 0.29) is 18.6 Å². The van der Waals surface area contributed by atoms with Gasteiger partial charge in [0.05, 0.1) is 31.8 Å². The van der Waals surface area contributed by atoms with Gasteiger partial charge in [0.2, 0.25) is 17.7 Å². The van der Waals surface area contributed by atoms with Crippen LogP contribution >= 0.6 is 0 Å². The van der Waals surface area contributed by atoms with Crippen LogP contribution in [0.2, 0.25) is 0 Å². The van der Waals surface area contributed by atoms with Crippen molar-refractivity contribution in [2.75, 3.05) is 13.7 Å². The van der Waals surface area contributed by atoms with E-state index in [0.29, 0.717) is 24.7 Å². The number of Topliss-reactive ketones (excluding diaryl/α,β-unsaturated/α-hetero) is 1. The van der Waals surface area contributed by atoms with Gasteiger partial charge in [-0.1, -0.05) is 37.8 Å². The van der Waals surface area contributed by atoms with Gasteiger partial charge in [0.15, 0.2) is 5.78 Å². The maximum Gasteiger partial charge on any atom is 0.243 e. The van der Waals surface area contributed by atoms with Gasteiger partial charge in [0.25, 0.3) is 0 Å². The number of hydrogen-bond donors (Lipinski definition) is 4. The highest BCUT2D eigenvalue weighted by molar-refractivity contribution is 5.98. The van der Waals surface area contributed by atoms with E-state index in [4.69, 9.17) is 9.47 Å². The van der Waals surface area contributed by atoms with E-state index in [1.807, 2.05) is 0 Å². The van der Waals surface area contributed by atoms with Crippen LogP contribution in [0.15, 0.2) is 24.3 Å². The second-order valence-corrected chi connectivity index (χ2v) is 11.7. The molecule has 0 aromatic heterocycles. The molecule has 216 valence electrons. The molecule has 39 heavy (non-hydrogen) atoms. The predicted molar refractivity (Wildman–Crippen MR) is 145 cm³/mol. The monoisotopic (exact) mass is 545 g/mol. The minimum absolute atomic E-state index is 0.149. The molecule has 10 nitrogen and oxygen atoms in total. The average Bonchev–Trinajstić information content (AvgIpc) is 3.40. The number of methoxy groups -OCH3 is 1. The van der Waals surface area contributed by atoms with Gasteiger partial charge < -0.3 is 30.5 Å². The number of epoxide rings is 1. The summed E-state index contributed by atoms with van der Waals surface area (Å²) < 4.78 is 10.6. The number of carbonyl (C=O) groups is 4. The zero-order valence-electron chi connectivity index (χ0n) is 23.7. The van der Waals surface area contributed by atoms with Crippen LogP contribution in [0.25, 0.3) is 0 Å². The third kappa shape index (κ3) is 9.32. The van der Waals surface area contributed by atoms with E-state index < -0.39 is 47.0 Å². The number of ketones is 1. The Bertz CT molecular complexity index is 1020. The molecule has 0 bridgehead atoms. The lowest BCUT2D eigenvalue weighted by atomic mass is 9.90. The highest BCUT2D eigenvalue weighted by atomic mass is 16.6. The first-order valence-corrected chi connectivity index (χ1v) is 13.7. The Balaban J connectivity index is 1.75. The summed E-state index contributed by atoms with van der Waals surface area (Å²) in [5.41, 5.74) is -1.32. The third-order valence-electron chi connectivity index (χ3n) is 7.37. The van der Waals surface area contributed by atoms with Crippen LogP contribution in [0, 0.1) is 5.92 Å². The highest BCUT2D eigenvalue weighted by Crippen LogP contribution is 2.33. The van der Waals surface area contributed by atoms with E-state index in [2.05, 4.69) is 16.0 Å². The van der Waals surface area contributed by atoms with Crippen LogP contribution in [0.4, 0.5) is 0 Å². The maximum atomic E-state index is 13.6.